The summed E-state index contributed by atoms with van der Waals surface area (Å²) in [6.07, 6.45) is 5.13. The lowest BCUT2D eigenvalue weighted by Gasteiger charge is -2.18. The highest BCUT2D eigenvalue weighted by Gasteiger charge is 2.36. The third-order valence-corrected chi connectivity index (χ3v) is 4.50. The molecule has 0 aromatic heterocycles. The van der Waals surface area contributed by atoms with Gasteiger partial charge in [0.2, 0.25) is 5.91 Å². The molecule has 2 aliphatic rings. The van der Waals surface area contributed by atoms with Gasteiger partial charge >= 0.3 is 0 Å². The number of nitrogens with two attached hydrogens (primary N) is 1. The van der Waals surface area contributed by atoms with Gasteiger partial charge in [-0.1, -0.05) is 26.0 Å². The molecule has 3 heteroatoms. The minimum atomic E-state index is 0.230. The Bertz CT molecular complexity index is 534. The summed E-state index contributed by atoms with van der Waals surface area (Å²) in [6, 6.07) is 6.77. The van der Waals surface area contributed by atoms with Crippen LogP contribution in [0.25, 0.3) is 0 Å². The van der Waals surface area contributed by atoms with Gasteiger partial charge in [0.25, 0.3) is 0 Å². The minimum Gasteiger partial charge on any atom is -0.327 e. The molecule has 1 atom stereocenters. The second kappa shape index (κ2) is 5.80. The van der Waals surface area contributed by atoms with Gasteiger partial charge in [-0.25, -0.2) is 0 Å². The molecule has 0 radical (unpaired) electrons. The number of hydrogen-bond donors (Lipinski definition) is 1. The van der Waals surface area contributed by atoms with Crippen LogP contribution in [0.15, 0.2) is 18.2 Å². The van der Waals surface area contributed by atoms with Gasteiger partial charge in [0, 0.05) is 24.2 Å². The first-order chi connectivity index (χ1) is 10.0. The molecular weight excluding hydrogens is 260 g/mol. The predicted octanol–water partition coefficient (Wildman–Crippen LogP) is 2.90. The van der Waals surface area contributed by atoms with E-state index in [2.05, 4.69) is 32.0 Å². The van der Waals surface area contributed by atoms with E-state index in [1.165, 1.54) is 11.1 Å². The van der Waals surface area contributed by atoms with Gasteiger partial charge < -0.3 is 10.6 Å². The second-order valence-corrected chi connectivity index (χ2v) is 7.07. The first kappa shape index (κ1) is 14.6. The van der Waals surface area contributed by atoms with Gasteiger partial charge in [-0.05, 0) is 55.2 Å². The van der Waals surface area contributed by atoms with Crippen LogP contribution in [0, 0.1) is 11.8 Å². The van der Waals surface area contributed by atoms with Crippen LogP contribution in [0.3, 0.4) is 0 Å². The lowest BCUT2D eigenvalue weighted by molar-refractivity contribution is -0.119. The maximum atomic E-state index is 12.3. The van der Waals surface area contributed by atoms with Crippen molar-refractivity contribution in [3.8, 4) is 0 Å². The first-order valence-electron chi connectivity index (χ1n) is 8.23. The van der Waals surface area contributed by atoms with Crippen molar-refractivity contribution in [1.29, 1.82) is 0 Å². The van der Waals surface area contributed by atoms with Gasteiger partial charge in [0.15, 0.2) is 0 Å². The number of hydrogen-bond acceptors (Lipinski definition) is 2. The first-order valence-corrected chi connectivity index (χ1v) is 8.23. The largest absolute Gasteiger partial charge is 0.327 e. The maximum absolute atomic E-state index is 12.3. The van der Waals surface area contributed by atoms with Crippen LogP contribution >= 0.6 is 0 Å². The Kier molecular flexibility index (Phi) is 4.03. The van der Waals surface area contributed by atoms with E-state index < -0.39 is 0 Å². The molecule has 1 aliphatic heterocycles. The third kappa shape index (κ3) is 3.29. The Balaban J connectivity index is 1.69. The quantitative estimate of drug-likeness (QED) is 0.904. The molecule has 1 heterocycles. The topological polar surface area (TPSA) is 46.3 Å². The van der Waals surface area contributed by atoms with Crippen molar-refractivity contribution in [2.75, 3.05) is 11.4 Å². The van der Waals surface area contributed by atoms with Crippen molar-refractivity contribution in [1.82, 2.24) is 0 Å². The number of amides is 1. The predicted molar refractivity (Wildman–Crippen MR) is 86.4 cm³/mol. The van der Waals surface area contributed by atoms with Crippen molar-refractivity contribution in [2.24, 2.45) is 17.6 Å². The average molecular weight is 286 g/mol. The highest BCUT2D eigenvalue weighted by molar-refractivity contribution is 5.98. The molecule has 1 fully saturated rings. The zero-order valence-electron chi connectivity index (χ0n) is 13.1. The number of carbonyl (C=O) groups is 1. The third-order valence-electron chi connectivity index (χ3n) is 4.50. The van der Waals surface area contributed by atoms with E-state index in [1.54, 1.807) is 0 Å². The Morgan fingerprint density at radius 3 is 2.81 bits per heavy atom. The molecule has 1 aliphatic carbocycles. The number of carbonyl (C=O) groups excluding carboxylic acids is 1. The number of anilines is 1. The molecule has 3 nitrogen and oxygen atoms in total. The molecule has 1 amide bonds. The molecule has 0 bridgehead atoms. The van der Waals surface area contributed by atoms with Crippen LogP contribution in [-0.4, -0.2) is 18.5 Å². The molecule has 0 spiro atoms. The van der Waals surface area contributed by atoms with Gasteiger partial charge in [-0.15, -0.1) is 0 Å². The van der Waals surface area contributed by atoms with E-state index in [4.69, 9.17) is 5.73 Å². The lowest BCUT2D eigenvalue weighted by Crippen LogP contribution is -2.30. The summed E-state index contributed by atoms with van der Waals surface area (Å²) in [7, 11) is 0. The van der Waals surface area contributed by atoms with Crippen LogP contribution in [-0.2, 0) is 17.6 Å². The molecule has 2 N–H and O–H groups in total. The molecule has 21 heavy (non-hydrogen) atoms. The van der Waals surface area contributed by atoms with E-state index in [0.29, 0.717) is 17.7 Å². The molecule has 3 rings (SSSR count). The smallest absolute Gasteiger partial charge is 0.230 e. The summed E-state index contributed by atoms with van der Waals surface area (Å²) in [4.78, 5) is 14.3. The summed E-state index contributed by atoms with van der Waals surface area (Å²) < 4.78 is 0. The summed E-state index contributed by atoms with van der Waals surface area (Å²) >= 11 is 0. The molecule has 114 valence electrons. The summed E-state index contributed by atoms with van der Waals surface area (Å²) in [6.45, 7) is 5.28. The van der Waals surface area contributed by atoms with Crippen molar-refractivity contribution in [3.05, 3.63) is 29.3 Å². The van der Waals surface area contributed by atoms with Crippen LogP contribution in [0.5, 0.6) is 0 Å². The van der Waals surface area contributed by atoms with Gasteiger partial charge in [0.1, 0.15) is 0 Å². The van der Waals surface area contributed by atoms with Crippen LogP contribution in [0.4, 0.5) is 5.69 Å². The number of benzene rings is 1. The average Bonchev–Trinajstić information content (AvgIpc) is 3.17. The zero-order valence-corrected chi connectivity index (χ0v) is 13.1. The fraction of sp³-hybridized carbons (Fsp3) is 0.611. The zero-order chi connectivity index (χ0) is 15.0. The number of rotatable bonds is 5. The van der Waals surface area contributed by atoms with E-state index in [1.807, 2.05) is 4.90 Å². The lowest BCUT2D eigenvalue weighted by atomic mass is 9.96. The highest BCUT2D eigenvalue weighted by Crippen LogP contribution is 2.36. The molecule has 0 saturated heterocycles. The van der Waals surface area contributed by atoms with Crippen molar-refractivity contribution < 1.29 is 4.79 Å². The molecule has 1 aromatic rings. The fourth-order valence-electron chi connectivity index (χ4n) is 3.35. The van der Waals surface area contributed by atoms with Gasteiger partial charge in [-0.3, -0.25) is 4.79 Å². The Morgan fingerprint density at radius 1 is 1.38 bits per heavy atom. The fourth-order valence-corrected chi connectivity index (χ4v) is 3.35. The summed E-state index contributed by atoms with van der Waals surface area (Å²) in [5.74, 6) is 1.27. The maximum Gasteiger partial charge on any atom is 0.230 e. The Labute approximate surface area is 127 Å². The summed E-state index contributed by atoms with van der Waals surface area (Å²) in [5, 5.41) is 0. The van der Waals surface area contributed by atoms with Crippen molar-refractivity contribution >= 4 is 11.6 Å². The molecular formula is C18H26N2O. The van der Waals surface area contributed by atoms with Crippen molar-refractivity contribution in [3.63, 3.8) is 0 Å². The SMILES string of the molecule is CC(C)CC(N)Cc1ccc2c(c1)CCN2C(=O)C1CC1. The summed E-state index contributed by atoms with van der Waals surface area (Å²) in [5.41, 5.74) is 9.97. The normalized spacial score (nSPS) is 19.0. The molecule has 1 saturated carbocycles. The Hall–Kier alpha value is -1.35. The minimum absolute atomic E-state index is 0.230. The van der Waals surface area contributed by atoms with Gasteiger partial charge in [0.05, 0.1) is 0 Å². The highest BCUT2D eigenvalue weighted by atomic mass is 16.2. The van der Waals surface area contributed by atoms with E-state index in [-0.39, 0.29) is 6.04 Å². The number of nitrogens with zero attached hydrogens (tertiary/aromatic N) is 1. The number of fused-ring (bicyclic) bond motifs is 1. The van der Waals surface area contributed by atoms with Crippen LogP contribution in [0.1, 0.15) is 44.2 Å². The molecule has 1 aromatic carbocycles. The Morgan fingerprint density at radius 2 is 2.14 bits per heavy atom. The van der Waals surface area contributed by atoms with Crippen LogP contribution < -0.4 is 10.6 Å². The molecule has 1 unspecified atom stereocenters. The van der Waals surface area contributed by atoms with E-state index >= 15 is 0 Å². The van der Waals surface area contributed by atoms with Crippen molar-refractivity contribution in [2.45, 2.75) is 52.0 Å². The second-order valence-electron chi connectivity index (χ2n) is 7.07. The van der Waals surface area contributed by atoms with Gasteiger partial charge in [-0.2, -0.15) is 0 Å². The standard InChI is InChI=1S/C18H26N2O/c1-12(2)9-16(19)11-13-3-6-17-15(10-13)7-8-20(17)18(21)14-4-5-14/h3,6,10,12,14,16H,4-5,7-9,11,19H2,1-2H3. The van der Waals surface area contributed by atoms with E-state index in [9.17, 15) is 4.79 Å². The monoisotopic (exact) mass is 286 g/mol. The van der Waals surface area contributed by atoms with E-state index in [0.717, 1.165) is 44.3 Å². The van der Waals surface area contributed by atoms with Crippen LogP contribution in [0.2, 0.25) is 0 Å².